The highest BCUT2D eigenvalue weighted by Gasteiger charge is 2.22. The van der Waals surface area contributed by atoms with Crippen molar-refractivity contribution in [2.24, 2.45) is 0 Å². The van der Waals surface area contributed by atoms with Crippen LogP contribution in [0.1, 0.15) is 12.8 Å². The van der Waals surface area contributed by atoms with Crippen LogP contribution in [-0.4, -0.2) is 51.8 Å². The molecule has 0 unspecified atom stereocenters. The molecule has 2 N–H and O–H groups in total. The Morgan fingerprint density at radius 3 is 2.64 bits per heavy atom. The summed E-state index contributed by atoms with van der Waals surface area (Å²) in [5, 5.41) is 0. The molecular weight excluding hydrogens is 325 g/mol. The Bertz CT molecular complexity index is 575. The molecule has 1 aliphatic rings. The van der Waals surface area contributed by atoms with Crippen LogP contribution in [-0.2, 0) is 10.2 Å². The molecule has 2 rings (SSSR count). The lowest BCUT2D eigenvalue weighted by molar-refractivity contribution is 0.218. The fraction of sp³-hybridized carbons (Fsp3) is 0.571. The summed E-state index contributed by atoms with van der Waals surface area (Å²) >= 11 is 1.52. The largest absolute Gasteiger partial charge is 0.302 e. The van der Waals surface area contributed by atoms with Crippen LogP contribution in [0.3, 0.4) is 0 Å². The number of benzene rings is 1. The van der Waals surface area contributed by atoms with Crippen LogP contribution in [0.15, 0.2) is 29.2 Å². The lowest BCUT2D eigenvalue weighted by Crippen LogP contribution is -2.47. The van der Waals surface area contributed by atoms with Gasteiger partial charge in [0.25, 0.3) is 10.2 Å². The van der Waals surface area contributed by atoms with Crippen molar-refractivity contribution < 1.29 is 12.8 Å². The lowest BCUT2D eigenvalue weighted by atomic mass is 10.1. The van der Waals surface area contributed by atoms with Crippen LogP contribution in [0.2, 0.25) is 0 Å². The Morgan fingerprint density at radius 2 is 2.00 bits per heavy atom. The van der Waals surface area contributed by atoms with E-state index in [2.05, 4.69) is 14.3 Å². The van der Waals surface area contributed by atoms with Crippen LogP contribution < -0.4 is 9.44 Å². The predicted molar refractivity (Wildman–Crippen MR) is 87.7 cm³/mol. The molecule has 0 saturated carbocycles. The topological polar surface area (TPSA) is 61.4 Å². The van der Waals surface area contributed by atoms with Gasteiger partial charge in [0.05, 0.1) is 0 Å². The third-order valence-corrected chi connectivity index (χ3v) is 5.89. The van der Waals surface area contributed by atoms with E-state index in [-0.39, 0.29) is 11.9 Å². The lowest BCUT2D eigenvalue weighted by Gasteiger charge is -2.31. The normalized spacial score (nSPS) is 17.7. The van der Waals surface area contributed by atoms with E-state index in [1.807, 2.05) is 6.07 Å². The van der Waals surface area contributed by atoms with Crippen molar-refractivity contribution in [3.63, 3.8) is 0 Å². The molecule has 1 aromatic rings. The number of nitrogens with one attached hydrogen (secondary N) is 2. The first kappa shape index (κ1) is 17.7. The summed E-state index contributed by atoms with van der Waals surface area (Å²) in [4.78, 5) is 2.97. The Balaban J connectivity index is 1.69. The zero-order valence-electron chi connectivity index (χ0n) is 12.6. The van der Waals surface area contributed by atoms with E-state index >= 15 is 0 Å². The van der Waals surface area contributed by atoms with E-state index in [1.54, 1.807) is 12.1 Å². The number of halogens is 1. The summed E-state index contributed by atoms with van der Waals surface area (Å²) in [5.41, 5.74) is 0. The van der Waals surface area contributed by atoms with E-state index in [1.165, 1.54) is 24.9 Å². The fourth-order valence-electron chi connectivity index (χ4n) is 2.40. The molecule has 0 aliphatic carbocycles. The Kier molecular flexibility index (Phi) is 6.64. The monoisotopic (exact) mass is 347 g/mol. The van der Waals surface area contributed by atoms with Gasteiger partial charge >= 0.3 is 0 Å². The quantitative estimate of drug-likeness (QED) is 0.733. The molecule has 22 heavy (non-hydrogen) atoms. The standard InChI is InChI=1S/C14H22FN3O2S2/c1-16-22(19,20)17-12-6-8-18(9-7-12)10-11-21-14-5-3-2-4-13(14)15/h2-5,12,16-17H,6-11H2,1H3. The first-order chi connectivity index (χ1) is 10.5. The maximum absolute atomic E-state index is 13.5. The van der Waals surface area contributed by atoms with Gasteiger partial charge in [-0.2, -0.15) is 13.1 Å². The number of piperidine rings is 1. The number of hydrogen-bond acceptors (Lipinski definition) is 4. The van der Waals surface area contributed by atoms with Gasteiger partial charge in [-0.1, -0.05) is 12.1 Å². The van der Waals surface area contributed by atoms with E-state index in [0.29, 0.717) is 4.90 Å². The summed E-state index contributed by atoms with van der Waals surface area (Å²) in [5.74, 6) is 0.654. The first-order valence-electron chi connectivity index (χ1n) is 7.30. The summed E-state index contributed by atoms with van der Waals surface area (Å²) in [6.45, 7) is 2.59. The smallest absolute Gasteiger partial charge is 0.276 e. The highest BCUT2D eigenvalue weighted by Crippen LogP contribution is 2.21. The molecule has 1 saturated heterocycles. The number of nitrogens with zero attached hydrogens (tertiary/aromatic N) is 1. The maximum Gasteiger partial charge on any atom is 0.276 e. The van der Waals surface area contributed by atoms with Gasteiger partial charge in [-0.3, -0.25) is 0 Å². The van der Waals surface area contributed by atoms with Gasteiger partial charge in [-0.05, 0) is 38.1 Å². The van der Waals surface area contributed by atoms with E-state index in [9.17, 15) is 12.8 Å². The molecule has 1 aliphatic heterocycles. The molecule has 0 bridgehead atoms. The highest BCUT2D eigenvalue weighted by molar-refractivity contribution is 7.99. The van der Waals surface area contributed by atoms with Crippen molar-refractivity contribution >= 4 is 22.0 Å². The number of likely N-dealkylation sites (tertiary alicyclic amines) is 1. The predicted octanol–water partition coefficient (Wildman–Crippen LogP) is 1.44. The summed E-state index contributed by atoms with van der Waals surface area (Å²) < 4.78 is 41.3. The molecule has 0 atom stereocenters. The average Bonchev–Trinajstić information content (AvgIpc) is 2.51. The van der Waals surface area contributed by atoms with Gasteiger partial charge in [-0.15, -0.1) is 11.8 Å². The molecule has 1 heterocycles. The second-order valence-corrected chi connectivity index (χ2v) is 8.01. The van der Waals surface area contributed by atoms with Crippen LogP contribution >= 0.6 is 11.8 Å². The van der Waals surface area contributed by atoms with Gasteiger partial charge in [0.2, 0.25) is 0 Å². The molecule has 0 spiro atoms. The summed E-state index contributed by atoms with van der Waals surface area (Å²) in [7, 11) is -1.96. The van der Waals surface area contributed by atoms with Crippen molar-refractivity contribution in [1.82, 2.24) is 14.3 Å². The van der Waals surface area contributed by atoms with Crippen molar-refractivity contribution in [2.75, 3.05) is 32.4 Å². The van der Waals surface area contributed by atoms with Crippen molar-refractivity contribution in [3.05, 3.63) is 30.1 Å². The molecule has 1 fully saturated rings. The van der Waals surface area contributed by atoms with E-state index in [0.717, 1.165) is 38.2 Å². The fourth-order valence-corrected chi connectivity index (χ4v) is 4.14. The third-order valence-electron chi connectivity index (χ3n) is 3.68. The number of rotatable bonds is 7. The Hall–Kier alpha value is -0.670. The molecule has 5 nitrogen and oxygen atoms in total. The van der Waals surface area contributed by atoms with Gasteiger partial charge in [-0.25, -0.2) is 9.11 Å². The van der Waals surface area contributed by atoms with Crippen LogP contribution in [0, 0.1) is 5.82 Å². The molecule has 124 valence electrons. The number of hydrogen-bond donors (Lipinski definition) is 2. The molecule has 0 radical (unpaired) electrons. The molecule has 8 heteroatoms. The molecular formula is C14H22FN3O2S2. The first-order valence-corrected chi connectivity index (χ1v) is 9.77. The van der Waals surface area contributed by atoms with Crippen LogP contribution in [0.25, 0.3) is 0 Å². The second-order valence-electron chi connectivity index (χ2n) is 5.22. The minimum atomic E-state index is -3.36. The summed E-state index contributed by atoms with van der Waals surface area (Å²) in [6.07, 6.45) is 1.59. The zero-order valence-corrected chi connectivity index (χ0v) is 14.2. The van der Waals surface area contributed by atoms with Crippen LogP contribution in [0.4, 0.5) is 4.39 Å². The molecule has 0 aromatic heterocycles. The minimum Gasteiger partial charge on any atom is -0.302 e. The van der Waals surface area contributed by atoms with Crippen LogP contribution in [0.5, 0.6) is 0 Å². The highest BCUT2D eigenvalue weighted by atomic mass is 32.2. The maximum atomic E-state index is 13.5. The zero-order chi connectivity index (χ0) is 16.0. The number of thioether (sulfide) groups is 1. The van der Waals surface area contributed by atoms with Gasteiger partial charge in [0, 0.05) is 30.3 Å². The van der Waals surface area contributed by atoms with Gasteiger partial charge < -0.3 is 4.90 Å². The van der Waals surface area contributed by atoms with E-state index < -0.39 is 10.2 Å². The average molecular weight is 347 g/mol. The third kappa shape index (κ3) is 5.51. The second kappa shape index (κ2) is 8.26. The summed E-state index contributed by atoms with van der Waals surface area (Å²) in [6, 6.07) is 6.79. The SMILES string of the molecule is CNS(=O)(=O)NC1CCN(CCSc2ccccc2F)CC1. The molecule has 1 aromatic carbocycles. The van der Waals surface area contributed by atoms with Crippen molar-refractivity contribution in [1.29, 1.82) is 0 Å². The van der Waals surface area contributed by atoms with Crippen molar-refractivity contribution in [3.8, 4) is 0 Å². The van der Waals surface area contributed by atoms with Gasteiger partial charge in [0.15, 0.2) is 0 Å². The van der Waals surface area contributed by atoms with E-state index in [4.69, 9.17) is 0 Å². The minimum absolute atomic E-state index is 0.00655. The van der Waals surface area contributed by atoms with Crippen molar-refractivity contribution in [2.45, 2.75) is 23.8 Å². The Morgan fingerprint density at radius 1 is 1.32 bits per heavy atom. The molecule has 0 amide bonds. The van der Waals surface area contributed by atoms with Gasteiger partial charge in [0.1, 0.15) is 5.82 Å². The Labute approximate surface area is 135 Å².